The minimum Gasteiger partial charge on any atom is -0.367 e. The van der Waals surface area contributed by atoms with Crippen molar-refractivity contribution in [1.82, 2.24) is 4.31 Å². The number of sulfonamides is 2. The first-order valence-electron chi connectivity index (χ1n) is 9.45. The molecule has 1 aliphatic heterocycles. The van der Waals surface area contributed by atoms with Crippen molar-refractivity contribution in [3.63, 3.8) is 0 Å². The summed E-state index contributed by atoms with van der Waals surface area (Å²) in [6.07, 6.45) is 3.31. The third-order valence-electron chi connectivity index (χ3n) is 5.13. The molecule has 1 fully saturated rings. The first-order valence-corrected chi connectivity index (χ1v) is 13.2. The first-order chi connectivity index (χ1) is 13.5. The summed E-state index contributed by atoms with van der Waals surface area (Å²) >= 11 is 0.747. The van der Waals surface area contributed by atoms with Crippen LogP contribution in [0.25, 0.3) is 0 Å². The van der Waals surface area contributed by atoms with Crippen LogP contribution in [0.15, 0.2) is 38.8 Å². The Morgan fingerprint density at radius 1 is 1.07 bits per heavy atom. The monoisotopic (exact) mass is 457 g/mol. The molecule has 0 saturated carbocycles. The zero-order chi connectivity index (χ0) is 21.4. The fraction of sp³-hybridized carbons (Fsp3) is 0.474. The van der Waals surface area contributed by atoms with Gasteiger partial charge < -0.3 is 4.90 Å². The van der Waals surface area contributed by atoms with Crippen LogP contribution in [0.5, 0.6) is 0 Å². The summed E-state index contributed by atoms with van der Waals surface area (Å²) in [5, 5.41) is 0. The van der Waals surface area contributed by atoms with Crippen molar-refractivity contribution in [3.8, 4) is 0 Å². The molecule has 0 radical (unpaired) electrons. The van der Waals surface area contributed by atoms with Gasteiger partial charge in [0, 0.05) is 26.7 Å². The normalized spacial score (nSPS) is 18.2. The van der Waals surface area contributed by atoms with Gasteiger partial charge in [-0.05, 0) is 56.9 Å². The van der Waals surface area contributed by atoms with Gasteiger partial charge in [0.2, 0.25) is 0 Å². The number of thiophene rings is 1. The van der Waals surface area contributed by atoms with E-state index >= 15 is 0 Å². The van der Waals surface area contributed by atoms with Gasteiger partial charge >= 0.3 is 0 Å². The number of hydrogen-bond acceptors (Lipinski definition) is 6. The highest BCUT2D eigenvalue weighted by Gasteiger charge is 2.27. The van der Waals surface area contributed by atoms with Gasteiger partial charge in [0.15, 0.2) is 0 Å². The second-order valence-electron chi connectivity index (χ2n) is 7.48. The largest absolute Gasteiger partial charge is 0.367 e. The van der Waals surface area contributed by atoms with Gasteiger partial charge in [-0.2, -0.15) is 0 Å². The number of hydrogen-bond donors (Lipinski definition) is 1. The molecule has 10 heteroatoms. The topological polar surface area (TPSA) is 86.8 Å². The lowest BCUT2D eigenvalue weighted by molar-refractivity contribution is 0.484. The van der Waals surface area contributed by atoms with Crippen molar-refractivity contribution in [2.45, 2.75) is 47.6 Å². The molecule has 29 heavy (non-hydrogen) atoms. The molecule has 1 N–H and O–H groups in total. The highest BCUT2D eigenvalue weighted by Crippen LogP contribution is 2.36. The van der Waals surface area contributed by atoms with E-state index in [4.69, 9.17) is 0 Å². The Labute approximate surface area is 177 Å². The number of aryl methyl sites for hydroxylation is 1. The van der Waals surface area contributed by atoms with Crippen LogP contribution in [-0.4, -0.2) is 47.8 Å². The first kappa shape index (κ1) is 22.1. The maximum absolute atomic E-state index is 13.0. The Kier molecular flexibility index (Phi) is 6.28. The molecule has 2 heterocycles. The number of piperidine rings is 1. The number of para-hydroxylation sites is 1. The Hall–Kier alpha value is -1.62. The molecule has 0 bridgehead atoms. The molecule has 2 aromatic rings. The third-order valence-corrected chi connectivity index (χ3v) is 10.4. The molecule has 0 aliphatic carbocycles. The van der Waals surface area contributed by atoms with E-state index in [1.54, 1.807) is 6.07 Å². The van der Waals surface area contributed by atoms with E-state index < -0.39 is 20.0 Å². The van der Waals surface area contributed by atoms with Crippen LogP contribution in [0.4, 0.5) is 11.4 Å². The summed E-state index contributed by atoms with van der Waals surface area (Å²) in [6.45, 7) is 5.01. The molecule has 3 rings (SSSR count). The molecular weight excluding hydrogens is 430 g/mol. The Morgan fingerprint density at radius 2 is 1.76 bits per heavy atom. The molecule has 0 spiro atoms. The Bertz CT molecular complexity index is 1090. The molecule has 160 valence electrons. The van der Waals surface area contributed by atoms with E-state index in [2.05, 4.69) is 16.5 Å². The molecule has 1 aromatic carbocycles. The molecule has 7 nitrogen and oxygen atoms in total. The standard InChI is InChI=1S/C19H27N3O4S3/c1-14-8-7-10-16(19(14)22-13-6-5-9-15(22)2)20-28(23,24)17-11-12-18(27-17)29(25,26)21(3)4/h7-8,10-12,15,20H,5-6,9,13H2,1-4H3. The van der Waals surface area contributed by atoms with E-state index in [0.29, 0.717) is 11.7 Å². The minimum atomic E-state index is -3.91. The van der Waals surface area contributed by atoms with E-state index in [1.807, 2.05) is 19.1 Å². The number of benzene rings is 1. The lowest BCUT2D eigenvalue weighted by Crippen LogP contribution is -2.38. The third kappa shape index (κ3) is 4.45. The van der Waals surface area contributed by atoms with Gasteiger partial charge in [-0.25, -0.2) is 21.1 Å². The maximum atomic E-state index is 13.0. The summed E-state index contributed by atoms with van der Waals surface area (Å²) in [5.74, 6) is 0. The predicted molar refractivity (Wildman–Crippen MR) is 118 cm³/mol. The molecule has 1 saturated heterocycles. The van der Waals surface area contributed by atoms with Gasteiger partial charge in [-0.15, -0.1) is 11.3 Å². The average molecular weight is 458 g/mol. The van der Waals surface area contributed by atoms with Gasteiger partial charge in [-0.3, -0.25) is 4.72 Å². The van der Waals surface area contributed by atoms with E-state index in [-0.39, 0.29) is 8.42 Å². The zero-order valence-corrected chi connectivity index (χ0v) is 19.5. The van der Waals surface area contributed by atoms with E-state index in [1.165, 1.54) is 32.6 Å². The fourth-order valence-electron chi connectivity index (χ4n) is 3.51. The minimum absolute atomic E-state index is 0.00278. The highest BCUT2D eigenvalue weighted by molar-refractivity contribution is 7.96. The van der Waals surface area contributed by atoms with Gasteiger partial charge in [0.05, 0.1) is 11.4 Å². The van der Waals surface area contributed by atoms with Crippen molar-refractivity contribution < 1.29 is 16.8 Å². The maximum Gasteiger partial charge on any atom is 0.271 e. The van der Waals surface area contributed by atoms with Crippen LogP contribution >= 0.6 is 11.3 Å². The van der Waals surface area contributed by atoms with Crippen LogP contribution in [0, 0.1) is 6.92 Å². The van der Waals surface area contributed by atoms with Crippen LogP contribution in [-0.2, 0) is 20.0 Å². The van der Waals surface area contributed by atoms with E-state index in [0.717, 1.165) is 46.3 Å². The van der Waals surface area contributed by atoms with Crippen LogP contribution in [0.3, 0.4) is 0 Å². The quantitative estimate of drug-likeness (QED) is 0.718. The van der Waals surface area contributed by atoms with Crippen molar-refractivity contribution >= 4 is 42.8 Å². The lowest BCUT2D eigenvalue weighted by Gasteiger charge is -2.37. The zero-order valence-electron chi connectivity index (χ0n) is 17.0. The summed E-state index contributed by atoms with van der Waals surface area (Å²) in [5.41, 5.74) is 2.41. The van der Waals surface area contributed by atoms with Crippen molar-refractivity contribution in [1.29, 1.82) is 0 Å². The van der Waals surface area contributed by atoms with Gasteiger partial charge in [0.1, 0.15) is 8.42 Å². The average Bonchev–Trinajstić information content (AvgIpc) is 3.14. The smallest absolute Gasteiger partial charge is 0.271 e. The molecule has 1 unspecified atom stereocenters. The lowest BCUT2D eigenvalue weighted by atomic mass is 10.0. The van der Waals surface area contributed by atoms with Crippen LogP contribution in [0.1, 0.15) is 31.7 Å². The highest BCUT2D eigenvalue weighted by atomic mass is 32.3. The second-order valence-corrected chi connectivity index (χ2v) is 12.8. The summed E-state index contributed by atoms with van der Waals surface area (Å²) in [4.78, 5) is 2.26. The molecule has 1 atom stereocenters. The van der Waals surface area contributed by atoms with Gasteiger partial charge in [-0.1, -0.05) is 12.1 Å². The summed E-state index contributed by atoms with van der Waals surface area (Å²) < 4.78 is 54.3. The second kappa shape index (κ2) is 8.25. The van der Waals surface area contributed by atoms with Crippen molar-refractivity contribution in [3.05, 3.63) is 35.9 Å². The number of nitrogens with one attached hydrogen (secondary N) is 1. The van der Waals surface area contributed by atoms with E-state index in [9.17, 15) is 16.8 Å². The van der Waals surface area contributed by atoms with Crippen molar-refractivity contribution in [2.75, 3.05) is 30.3 Å². The summed E-state index contributed by atoms with van der Waals surface area (Å²) in [6, 6.07) is 8.54. The molecule has 1 aromatic heterocycles. The summed E-state index contributed by atoms with van der Waals surface area (Å²) in [7, 11) is -4.76. The molecule has 1 aliphatic rings. The molecule has 0 amide bonds. The number of anilines is 2. The fourth-order valence-corrected chi connectivity index (χ4v) is 7.52. The number of rotatable bonds is 6. The molecular formula is C19H27N3O4S3. The Balaban J connectivity index is 1.96. The van der Waals surface area contributed by atoms with Crippen molar-refractivity contribution in [2.24, 2.45) is 0 Å². The SMILES string of the molecule is Cc1cccc(NS(=O)(=O)c2ccc(S(=O)(=O)N(C)C)s2)c1N1CCCCC1C. The predicted octanol–water partition coefficient (Wildman–Crippen LogP) is 3.49. The van der Waals surface area contributed by atoms with Gasteiger partial charge in [0.25, 0.3) is 20.0 Å². The number of nitrogens with zero attached hydrogens (tertiary/aromatic N) is 2. The Morgan fingerprint density at radius 3 is 2.41 bits per heavy atom. The van der Waals surface area contributed by atoms with Crippen LogP contribution in [0.2, 0.25) is 0 Å². The van der Waals surface area contributed by atoms with Crippen LogP contribution < -0.4 is 9.62 Å².